The normalized spacial score (nSPS) is 26.9. The van der Waals surface area contributed by atoms with Gasteiger partial charge in [0.05, 0.1) is 20.6 Å². The van der Waals surface area contributed by atoms with Gasteiger partial charge in [0, 0.05) is 24.7 Å². The molecular formula is C19H21NO4. The molecule has 0 N–H and O–H groups in total. The molecule has 0 radical (unpaired) electrons. The molecule has 0 amide bonds. The highest BCUT2D eigenvalue weighted by atomic mass is 16.5. The van der Waals surface area contributed by atoms with Crippen molar-refractivity contribution in [1.82, 2.24) is 4.90 Å². The zero-order valence-electron chi connectivity index (χ0n) is 14.0. The number of allylic oxidation sites excluding steroid dienone is 1. The minimum absolute atomic E-state index is 0.0117. The zero-order chi connectivity index (χ0) is 16.9. The van der Waals surface area contributed by atoms with Crippen molar-refractivity contribution < 1.29 is 19.1 Å². The Hall–Kier alpha value is -2.30. The standard InChI is InChI=1S/C19H21NO4/c1-23-16(21)11-19(18(22)24-2)15-8-5-9-20(15)14-10-12-6-3-4-7-13(12)17(14)19/h3-4,6-7,15H,5,8-11H2,1-2H3. The van der Waals surface area contributed by atoms with Gasteiger partial charge in [-0.1, -0.05) is 24.3 Å². The number of rotatable bonds is 3. The highest BCUT2D eigenvalue weighted by Gasteiger charge is 2.62. The van der Waals surface area contributed by atoms with E-state index < -0.39 is 5.41 Å². The van der Waals surface area contributed by atoms with Crippen molar-refractivity contribution in [3.05, 3.63) is 41.1 Å². The van der Waals surface area contributed by atoms with Crippen LogP contribution in [0.1, 0.15) is 30.4 Å². The molecule has 1 aliphatic carbocycles. The highest BCUT2D eigenvalue weighted by Crippen LogP contribution is 2.59. The Morgan fingerprint density at radius 3 is 2.79 bits per heavy atom. The predicted octanol–water partition coefficient (Wildman–Crippen LogP) is 2.15. The summed E-state index contributed by atoms with van der Waals surface area (Å²) in [6, 6.07) is 8.14. The van der Waals surface area contributed by atoms with E-state index in [-0.39, 0.29) is 24.4 Å². The van der Waals surface area contributed by atoms with Gasteiger partial charge in [-0.05, 0) is 29.5 Å². The summed E-state index contributed by atoms with van der Waals surface area (Å²) >= 11 is 0. The molecule has 2 aliphatic heterocycles. The first-order valence-electron chi connectivity index (χ1n) is 8.37. The lowest BCUT2D eigenvalue weighted by molar-refractivity contribution is -0.157. The van der Waals surface area contributed by atoms with Gasteiger partial charge in [-0.15, -0.1) is 0 Å². The largest absolute Gasteiger partial charge is 0.469 e. The SMILES string of the molecule is COC(=O)CC1(C(=O)OC)C2=C(Cc3ccccc32)N2CCCC21. The number of fused-ring (bicyclic) bond motifs is 4. The molecule has 5 heteroatoms. The maximum atomic E-state index is 13.0. The highest BCUT2D eigenvalue weighted by molar-refractivity contribution is 6.02. The van der Waals surface area contributed by atoms with Crippen LogP contribution in [0.5, 0.6) is 0 Å². The molecule has 3 aliphatic rings. The van der Waals surface area contributed by atoms with Crippen LogP contribution in [-0.4, -0.2) is 43.6 Å². The average molecular weight is 327 g/mol. The first kappa shape index (κ1) is 15.2. The lowest BCUT2D eigenvalue weighted by Gasteiger charge is -2.35. The number of ether oxygens (including phenoxy) is 2. The summed E-state index contributed by atoms with van der Waals surface area (Å²) in [5, 5.41) is 0. The molecule has 0 aromatic heterocycles. The molecule has 2 heterocycles. The van der Waals surface area contributed by atoms with E-state index in [9.17, 15) is 9.59 Å². The van der Waals surface area contributed by atoms with Crippen LogP contribution in [0.25, 0.3) is 5.57 Å². The third-order valence-corrected chi connectivity index (χ3v) is 5.75. The van der Waals surface area contributed by atoms with E-state index in [1.165, 1.54) is 25.5 Å². The fraction of sp³-hybridized carbons (Fsp3) is 0.474. The third kappa shape index (κ3) is 1.81. The number of esters is 2. The van der Waals surface area contributed by atoms with E-state index >= 15 is 0 Å². The van der Waals surface area contributed by atoms with E-state index in [4.69, 9.17) is 9.47 Å². The van der Waals surface area contributed by atoms with Gasteiger partial charge in [0.25, 0.3) is 0 Å². The summed E-state index contributed by atoms with van der Waals surface area (Å²) in [6.45, 7) is 0.928. The Balaban J connectivity index is 1.93. The van der Waals surface area contributed by atoms with Crippen LogP contribution in [0.3, 0.4) is 0 Å². The summed E-state index contributed by atoms with van der Waals surface area (Å²) in [7, 11) is 2.77. The van der Waals surface area contributed by atoms with E-state index in [1.807, 2.05) is 12.1 Å². The van der Waals surface area contributed by atoms with Crippen molar-refractivity contribution in [1.29, 1.82) is 0 Å². The number of hydrogen-bond acceptors (Lipinski definition) is 5. The summed E-state index contributed by atoms with van der Waals surface area (Å²) in [5.41, 5.74) is 3.51. The van der Waals surface area contributed by atoms with Gasteiger partial charge in [-0.25, -0.2) is 0 Å². The molecule has 1 saturated heterocycles. The van der Waals surface area contributed by atoms with Gasteiger partial charge < -0.3 is 14.4 Å². The maximum absolute atomic E-state index is 13.0. The average Bonchev–Trinajstić information content (AvgIpc) is 3.27. The van der Waals surface area contributed by atoms with Crippen molar-refractivity contribution in [2.24, 2.45) is 5.41 Å². The van der Waals surface area contributed by atoms with Crippen LogP contribution in [-0.2, 0) is 25.5 Å². The van der Waals surface area contributed by atoms with E-state index in [1.54, 1.807) is 0 Å². The second kappa shape index (κ2) is 5.36. The number of benzene rings is 1. The summed E-state index contributed by atoms with van der Waals surface area (Å²) in [6.07, 6.45) is 2.77. The van der Waals surface area contributed by atoms with Gasteiger partial charge in [0.1, 0.15) is 5.41 Å². The Morgan fingerprint density at radius 1 is 1.25 bits per heavy atom. The smallest absolute Gasteiger partial charge is 0.319 e. The summed E-state index contributed by atoms with van der Waals surface area (Å²) in [5.74, 6) is -0.697. The Labute approximate surface area is 141 Å². The molecule has 2 unspecified atom stereocenters. The molecule has 5 nitrogen and oxygen atoms in total. The van der Waals surface area contributed by atoms with Crippen LogP contribution in [0.4, 0.5) is 0 Å². The van der Waals surface area contributed by atoms with Crippen molar-refractivity contribution in [2.45, 2.75) is 31.7 Å². The second-order valence-electron chi connectivity index (χ2n) is 6.72. The Bertz CT molecular complexity index is 753. The maximum Gasteiger partial charge on any atom is 0.319 e. The van der Waals surface area contributed by atoms with Gasteiger partial charge >= 0.3 is 11.9 Å². The van der Waals surface area contributed by atoms with Crippen LogP contribution in [0.15, 0.2) is 30.0 Å². The second-order valence-corrected chi connectivity index (χ2v) is 6.72. The molecule has 0 saturated carbocycles. The molecule has 0 spiro atoms. The lowest BCUT2D eigenvalue weighted by Crippen LogP contribution is -2.46. The molecule has 24 heavy (non-hydrogen) atoms. The molecular weight excluding hydrogens is 306 g/mol. The number of methoxy groups -OCH3 is 2. The summed E-state index contributed by atoms with van der Waals surface area (Å²) < 4.78 is 10.1. The number of carbonyl (C=O) groups is 2. The molecule has 4 rings (SSSR count). The molecule has 0 bridgehead atoms. The minimum Gasteiger partial charge on any atom is -0.469 e. The first-order valence-corrected chi connectivity index (χ1v) is 8.37. The monoisotopic (exact) mass is 327 g/mol. The van der Waals surface area contributed by atoms with Gasteiger partial charge in [0.2, 0.25) is 0 Å². The predicted molar refractivity (Wildman–Crippen MR) is 87.9 cm³/mol. The number of nitrogens with zero attached hydrogens (tertiary/aromatic N) is 1. The van der Waals surface area contributed by atoms with Crippen LogP contribution in [0, 0.1) is 5.41 Å². The van der Waals surface area contributed by atoms with E-state index in [2.05, 4.69) is 17.0 Å². The van der Waals surface area contributed by atoms with Crippen molar-refractivity contribution >= 4 is 17.5 Å². The Kier molecular flexibility index (Phi) is 3.41. The fourth-order valence-electron chi connectivity index (χ4n) is 4.85. The van der Waals surface area contributed by atoms with E-state index in [0.29, 0.717) is 0 Å². The number of carbonyl (C=O) groups excluding carboxylic acids is 2. The van der Waals surface area contributed by atoms with Crippen molar-refractivity contribution in [3.63, 3.8) is 0 Å². The van der Waals surface area contributed by atoms with Gasteiger partial charge in [-0.2, -0.15) is 0 Å². The van der Waals surface area contributed by atoms with Crippen LogP contribution >= 0.6 is 0 Å². The molecule has 126 valence electrons. The molecule has 1 aromatic carbocycles. The first-order chi connectivity index (χ1) is 11.6. The van der Waals surface area contributed by atoms with Crippen molar-refractivity contribution in [3.8, 4) is 0 Å². The van der Waals surface area contributed by atoms with Gasteiger partial charge in [0.15, 0.2) is 0 Å². The van der Waals surface area contributed by atoms with Crippen molar-refractivity contribution in [2.75, 3.05) is 20.8 Å². The molecule has 1 fully saturated rings. The van der Waals surface area contributed by atoms with Gasteiger partial charge in [-0.3, -0.25) is 9.59 Å². The van der Waals surface area contributed by atoms with Crippen LogP contribution in [0.2, 0.25) is 0 Å². The molecule has 2 atom stereocenters. The summed E-state index contributed by atoms with van der Waals surface area (Å²) in [4.78, 5) is 27.5. The third-order valence-electron chi connectivity index (χ3n) is 5.75. The zero-order valence-corrected chi connectivity index (χ0v) is 14.0. The number of hydrogen-bond donors (Lipinski definition) is 0. The van der Waals surface area contributed by atoms with E-state index in [0.717, 1.165) is 36.9 Å². The lowest BCUT2D eigenvalue weighted by atomic mass is 9.70. The van der Waals surface area contributed by atoms with Crippen LogP contribution < -0.4 is 0 Å². The topological polar surface area (TPSA) is 55.8 Å². The fourth-order valence-corrected chi connectivity index (χ4v) is 4.85. The Morgan fingerprint density at radius 2 is 2.04 bits per heavy atom. The minimum atomic E-state index is -0.958. The quantitative estimate of drug-likeness (QED) is 0.796. The molecule has 1 aromatic rings.